The van der Waals surface area contributed by atoms with E-state index in [2.05, 4.69) is 6.92 Å². The zero-order valence-corrected chi connectivity index (χ0v) is 15.9. The van der Waals surface area contributed by atoms with Gasteiger partial charge in [0.2, 0.25) is 0 Å². The third-order valence-corrected chi connectivity index (χ3v) is 4.67. The maximum atomic E-state index is 11.2. The molecule has 0 spiro atoms. The fraction of sp³-hybridized carbons (Fsp3) is 0.857. The van der Waals surface area contributed by atoms with Gasteiger partial charge in [0.1, 0.15) is 6.10 Å². The second-order valence-corrected chi connectivity index (χ2v) is 6.93. The molecule has 0 aromatic heterocycles. The minimum atomic E-state index is -0.267. The van der Waals surface area contributed by atoms with Gasteiger partial charge in [0.25, 0.3) is 0 Å². The van der Waals surface area contributed by atoms with Gasteiger partial charge >= 0.3 is 5.97 Å². The van der Waals surface area contributed by atoms with Gasteiger partial charge in [0.05, 0.1) is 12.7 Å². The minimum absolute atomic E-state index is 0.141. The Morgan fingerprint density at radius 2 is 1.42 bits per heavy atom. The molecule has 0 amide bonds. The normalized spacial score (nSPS) is 19.8. The third-order valence-electron chi connectivity index (χ3n) is 4.67. The van der Waals surface area contributed by atoms with Gasteiger partial charge in [-0.05, 0) is 19.4 Å². The van der Waals surface area contributed by atoms with Crippen LogP contribution in [0.2, 0.25) is 0 Å². The summed E-state index contributed by atoms with van der Waals surface area (Å²) >= 11 is 0. The largest absolute Gasteiger partial charge is 0.463 e. The van der Waals surface area contributed by atoms with E-state index in [-0.39, 0.29) is 12.1 Å². The summed E-state index contributed by atoms with van der Waals surface area (Å²) in [5.74, 6) is -0.267. The fourth-order valence-electron chi connectivity index (χ4n) is 3.11. The number of hydrogen-bond acceptors (Lipinski definition) is 3. The molecule has 3 nitrogen and oxygen atoms in total. The maximum absolute atomic E-state index is 11.2. The molecule has 0 saturated carbocycles. The van der Waals surface area contributed by atoms with Crippen LogP contribution in [-0.2, 0) is 14.3 Å². The maximum Gasteiger partial charge on any atom is 0.330 e. The summed E-state index contributed by atoms with van der Waals surface area (Å²) in [5.41, 5.74) is 0. The Labute approximate surface area is 149 Å². The first-order valence-electron chi connectivity index (χ1n) is 10.3. The summed E-state index contributed by atoms with van der Waals surface area (Å²) in [7, 11) is 0. The van der Waals surface area contributed by atoms with E-state index in [4.69, 9.17) is 9.47 Å². The van der Waals surface area contributed by atoms with Gasteiger partial charge < -0.3 is 9.47 Å². The first-order chi connectivity index (χ1) is 11.8. The Bertz CT molecular complexity index is 338. The van der Waals surface area contributed by atoms with Crippen LogP contribution in [0.3, 0.4) is 0 Å². The number of unbranched alkanes of at least 4 members (excludes halogenated alkanes) is 11. The first kappa shape index (κ1) is 21.2. The van der Waals surface area contributed by atoms with Crippen molar-refractivity contribution in [1.29, 1.82) is 0 Å². The summed E-state index contributed by atoms with van der Waals surface area (Å²) in [5, 5.41) is 0. The lowest BCUT2D eigenvalue weighted by Gasteiger charge is -2.02. The Kier molecular flexibility index (Phi) is 12.8. The Morgan fingerprint density at radius 1 is 0.875 bits per heavy atom. The smallest absolute Gasteiger partial charge is 0.330 e. The van der Waals surface area contributed by atoms with Crippen LogP contribution in [-0.4, -0.2) is 24.8 Å². The molecule has 24 heavy (non-hydrogen) atoms. The molecular formula is C21H38O3. The number of esters is 1. The molecule has 1 heterocycles. The van der Waals surface area contributed by atoms with Crippen molar-refractivity contribution in [3.05, 3.63) is 12.2 Å². The molecule has 3 heteroatoms. The lowest BCUT2D eigenvalue weighted by Crippen LogP contribution is -2.00. The lowest BCUT2D eigenvalue weighted by atomic mass is 10.0. The van der Waals surface area contributed by atoms with Crippen LogP contribution in [0.25, 0.3) is 0 Å². The molecule has 1 aliphatic rings. The summed E-state index contributed by atoms with van der Waals surface area (Å²) < 4.78 is 10.4. The highest BCUT2D eigenvalue weighted by Gasteiger charge is 2.35. The van der Waals surface area contributed by atoms with E-state index in [9.17, 15) is 4.79 Å². The number of epoxide rings is 1. The standard InChI is InChI=1S/C21H38O3/c1-3-5-6-7-8-9-10-11-12-13-14-15-16-19-20(24-19)17-18-21(22)23-4-2/h17-20H,3-16H2,1-2H3. The number of carbonyl (C=O) groups is 1. The molecule has 1 fully saturated rings. The van der Waals surface area contributed by atoms with Crippen molar-refractivity contribution in [2.24, 2.45) is 0 Å². The molecule has 0 aliphatic carbocycles. The van der Waals surface area contributed by atoms with Crippen LogP contribution >= 0.6 is 0 Å². The van der Waals surface area contributed by atoms with Crippen LogP contribution < -0.4 is 0 Å². The van der Waals surface area contributed by atoms with Crippen LogP contribution in [0.1, 0.15) is 97.3 Å². The second-order valence-electron chi connectivity index (χ2n) is 6.93. The molecule has 2 unspecified atom stereocenters. The first-order valence-corrected chi connectivity index (χ1v) is 10.3. The van der Waals surface area contributed by atoms with Crippen LogP contribution in [0.4, 0.5) is 0 Å². The van der Waals surface area contributed by atoms with Gasteiger partial charge in [-0.2, -0.15) is 0 Å². The minimum Gasteiger partial charge on any atom is -0.463 e. The number of carbonyl (C=O) groups excluding carboxylic acids is 1. The van der Waals surface area contributed by atoms with Gasteiger partial charge in [-0.1, -0.05) is 84.0 Å². The van der Waals surface area contributed by atoms with E-state index in [1.807, 2.05) is 13.0 Å². The average Bonchev–Trinajstić information content (AvgIpc) is 3.33. The van der Waals surface area contributed by atoms with Crippen LogP contribution in [0, 0.1) is 0 Å². The van der Waals surface area contributed by atoms with Crippen molar-refractivity contribution in [1.82, 2.24) is 0 Å². The van der Waals surface area contributed by atoms with Crippen molar-refractivity contribution in [2.45, 2.75) is 110 Å². The summed E-state index contributed by atoms with van der Waals surface area (Å²) in [6, 6.07) is 0. The monoisotopic (exact) mass is 338 g/mol. The molecular weight excluding hydrogens is 300 g/mol. The summed E-state index contributed by atoms with van der Waals surface area (Å²) in [6.07, 6.45) is 21.5. The Balaban J connectivity index is 1.79. The lowest BCUT2D eigenvalue weighted by molar-refractivity contribution is -0.137. The third kappa shape index (κ3) is 11.7. The number of hydrogen-bond donors (Lipinski definition) is 0. The molecule has 1 saturated heterocycles. The number of rotatable bonds is 16. The van der Waals surface area contributed by atoms with Gasteiger partial charge in [-0.15, -0.1) is 0 Å². The average molecular weight is 339 g/mol. The van der Waals surface area contributed by atoms with Crippen molar-refractivity contribution in [3.8, 4) is 0 Å². The Hall–Kier alpha value is -0.830. The van der Waals surface area contributed by atoms with Crippen molar-refractivity contribution >= 4 is 5.97 Å². The molecule has 0 bridgehead atoms. The summed E-state index contributed by atoms with van der Waals surface area (Å²) in [4.78, 5) is 11.2. The molecule has 0 N–H and O–H groups in total. The zero-order valence-electron chi connectivity index (χ0n) is 15.9. The molecule has 1 aliphatic heterocycles. The van der Waals surface area contributed by atoms with Crippen molar-refractivity contribution in [2.75, 3.05) is 6.61 Å². The van der Waals surface area contributed by atoms with Crippen molar-refractivity contribution < 1.29 is 14.3 Å². The topological polar surface area (TPSA) is 38.8 Å². The van der Waals surface area contributed by atoms with Crippen molar-refractivity contribution in [3.63, 3.8) is 0 Å². The van der Waals surface area contributed by atoms with Crippen LogP contribution in [0.5, 0.6) is 0 Å². The molecule has 0 aromatic carbocycles. The van der Waals surface area contributed by atoms with Crippen LogP contribution in [0.15, 0.2) is 12.2 Å². The van der Waals surface area contributed by atoms with Gasteiger partial charge in [-0.25, -0.2) is 4.79 Å². The van der Waals surface area contributed by atoms with E-state index >= 15 is 0 Å². The molecule has 0 aromatic rings. The molecule has 140 valence electrons. The second kappa shape index (κ2) is 14.5. The zero-order chi connectivity index (χ0) is 17.5. The summed E-state index contributed by atoms with van der Waals surface area (Å²) in [6.45, 7) is 4.52. The van der Waals surface area contributed by atoms with E-state index < -0.39 is 0 Å². The van der Waals surface area contributed by atoms with E-state index in [1.54, 1.807) is 0 Å². The SMILES string of the molecule is CCCCCCCCCCCCCCC1OC1C=CC(=O)OCC. The molecule has 0 radical (unpaired) electrons. The van der Waals surface area contributed by atoms with Gasteiger partial charge in [-0.3, -0.25) is 0 Å². The van der Waals surface area contributed by atoms with E-state index in [1.165, 1.54) is 83.1 Å². The number of ether oxygens (including phenoxy) is 2. The van der Waals surface area contributed by atoms with E-state index in [0.717, 1.165) is 6.42 Å². The molecule has 1 rings (SSSR count). The quantitative estimate of drug-likeness (QED) is 0.151. The highest BCUT2D eigenvalue weighted by molar-refractivity contribution is 5.82. The predicted molar refractivity (Wildman–Crippen MR) is 100 cm³/mol. The fourth-order valence-corrected chi connectivity index (χ4v) is 3.11. The van der Waals surface area contributed by atoms with Gasteiger partial charge in [0, 0.05) is 6.08 Å². The Morgan fingerprint density at radius 3 is 1.96 bits per heavy atom. The predicted octanol–water partition coefficient (Wildman–Crippen LogP) is 5.96. The van der Waals surface area contributed by atoms with Gasteiger partial charge in [0.15, 0.2) is 0 Å². The highest BCUT2D eigenvalue weighted by Crippen LogP contribution is 2.28. The highest BCUT2D eigenvalue weighted by atomic mass is 16.6. The van der Waals surface area contributed by atoms with E-state index in [0.29, 0.717) is 12.7 Å². The molecule has 2 atom stereocenters.